The lowest BCUT2D eigenvalue weighted by Crippen LogP contribution is -1.99. The number of hydrogen-bond donors (Lipinski definition) is 2. The molecule has 0 amide bonds. The highest BCUT2D eigenvalue weighted by Gasteiger charge is 2.01. The smallest absolute Gasteiger partial charge is 0.140 e. The molecule has 1 aromatic heterocycles. The van der Waals surface area contributed by atoms with Gasteiger partial charge in [0.1, 0.15) is 5.82 Å². The number of nitrogens with one attached hydrogen (secondary N) is 1. The standard InChI is InChI=1S/C7H10BrN3/c1-4-6(9)3-5(8)7(10-2)11-4/h3H,9H2,1-2H3,(H,10,11). The maximum Gasteiger partial charge on any atom is 0.140 e. The minimum Gasteiger partial charge on any atom is -0.397 e. The summed E-state index contributed by atoms with van der Waals surface area (Å²) < 4.78 is 0.892. The Morgan fingerprint density at radius 2 is 2.27 bits per heavy atom. The molecular weight excluding hydrogens is 206 g/mol. The zero-order chi connectivity index (χ0) is 8.43. The van der Waals surface area contributed by atoms with E-state index in [-0.39, 0.29) is 0 Å². The molecule has 0 aliphatic heterocycles. The van der Waals surface area contributed by atoms with Gasteiger partial charge in [-0.1, -0.05) is 0 Å². The number of anilines is 2. The van der Waals surface area contributed by atoms with Crippen molar-refractivity contribution in [2.75, 3.05) is 18.1 Å². The van der Waals surface area contributed by atoms with Crippen LogP contribution in [0.1, 0.15) is 5.69 Å². The van der Waals surface area contributed by atoms with Crippen LogP contribution in [0.2, 0.25) is 0 Å². The molecule has 11 heavy (non-hydrogen) atoms. The quantitative estimate of drug-likeness (QED) is 0.752. The summed E-state index contributed by atoms with van der Waals surface area (Å²) in [6, 6.07) is 1.84. The monoisotopic (exact) mass is 215 g/mol. The molecule has 60 valence electrons. The lowest BCUT2D eigenvalue weighted by molar-refractivity contribution is 1.18. The average molecular weight is 216 g/mol. The minimum atomic E-state index is 0.705. The summed E-state index contributed by atoms with van der Waals surface area (Å²) in [5.74, 6) is 0.816. The van der Waals surface area contributed by atoms with E-state index in [0.717, 1.165) is 16.0 Å². The van der Waals surface area contributed by atoms with Gasteiger partial charge in [0.05, 0.1) is 15.9 Å². The minimum absolute atomic E-state index is 0.705. The molecule has 0 atom stereocenters. The van der Waals surface area contributed by atoms with Gasteiger partial charge in [-0.3, -0.25) is 0 Å². The molecule has 1 heterocycles. The van der Waals surface area contributed by atoms with E-state index in [1.807, 2.05) is 20.0 Å². The molecule has 0 aromatic carbocycles. The zero-order valence-electron chi connectivity index (χ0n) is 6.48. The van der Waals surface area contributed by atoms with Gasteiger partial charge in [-0.25, -0.2) is 4.98 Å². The molecule has 1 rings (SSSR count). The fraction of sp³-hybridized carbons (Fsp3) is 0.286. The molecule has 4 heteroatoms. The van der Waals surface area contributed by atoms with Crippen LogP contribution < -0.4 is 11.1 Å². The number of pyridine rings is 1. The topological polar surface area (TPSA) is 50.9 Å². The molecule has 0 fully saturated rings. The summed E-state index contributed by atoms with van der Waals surface area (Å²) in [6.45, 7) is 1.88. The number of nitrogens with two attached hydrogens (primary N) is 1. The van der Waals surface area contributed by atoms with Crippen LogP contribution in [0.15, 0.2) is 10.5 Å². The van der Waals surface area contributed by atoms with E-state index in [0.29, 0.717) is 5.69 Å². The molecule has 0 aliphatic rings. The number of hydrogen-bond acceptors (Lipinski definition) is 3. The zero-order valence-corrected chi connectivity index (χ0v) is 8.07. The largest absolute Gasteiger partial charge is 0.397 e. The van der Waals surface area contributed by atoms with Gasteiger partial charge in [-0.2, -0.15) is 0 Å². The van der Waals surface area contributed by atoms with Gasteiger partial charge < -0.3 is 11.1 Å². The second-order valence-corrected chi connectivity index (χ2v) is 3.10. The van der Waals surface area contributed by atoms with Crippen molar-refractivity contribution in [1.82, 2.24) is 4.98 Å². The summed E-state index contributed by atoms with van der Waals surface area (Å²) in [7, 11) is 1.82. The first kappa shape index (κ1) is 8.33. The van der Waals surface area contributed by atoms with Crippen molar-refractivity contribution in [3.63, 3.8) is 0 Å². The third-order valence-electron chi connectivity index (χ3n) is 1.44. The van der Waals surface area contributed by atoms with Gasteiger partial charge >= 0.3 is 0 Å². The lowest BCUT2D eigenvalue weighted by Gasteiger charge is -2.05. The van der Waals surface area contributed by atoms with Crippen molar-refractivity contribution in [2.24, 2.45) is 0 Å². The van der Waals surface area contributed by atoms with E-state index in [4.69, 9.17) is 5.73 Å². The van der Waals surface area contributed by atoms with Crippen molar-refractivity contribution in [2.45, 2.75) is 6.92 Å². The van der Waals surface area contributed by atoms with Crippen LogP contribution in [0.25, 0.3) is 0 Å². The highest BCUT2D eigenvalue weighted by Crippen LogP contribution is 2.23. The van der Waals surface area contributed by atoms with E-state index in [1.165, 1.54) is 0 Å². The molecule has 0 unspecified atom stereocenters. The molecular formula is C7H10BrN3. The lowest BCUT2D eigenvalue weighted by atomic mass is 10.3. The molecule has 0 spiro atoms. The Labute approximate surface area is 74.1 Å². The highest BCUT2D eigenvalue weighted by atomic mass is 79.9. The Morgan fingerprint density at radius 1 is 1.64 bits per heavy atom. The van der Waals surface area contributed by atoms with Gasteiger partial charge in [-0.05, 0) is 28.9 Å². The van der Waals surface area contributed by atoms with E-state index in [2.05, 4.69) is 26.2 Å². The van der Waals surface area contributed by atoms with Crippen LogP contribution in [0.5, 0.6) is 0 Å². The maximum atomic E-state index is 5.62. The summed E-state index contributed by atoms with van der Waals surface area (Å²) in [5.41, 5.74) is 7.17. The number of aromatic nitrogens is 1. The van der Waals surface area contributed by atoms with Crippen molar-refractivity contribution in [3.05, 3.63) is 16.2 Å². The van der Waals surface area contributed by atoms with E-state index < -0.39 is 0 Å². The second-order valence-electron chi connectivity index (χ2n) is 2.24. The van der Waals surface area contributed by atoms with Gasteiger partial charge in [0.15, 0.2) is 0 Å². The number of rotatable bonds is 1. The number of nitrogen functional groups attached to an aromatic ring is 1. The van der Waals surface area contributed by atoms with Crippen LogP contribution in [0.3, 0.4) is 0 Å². The first-order chi connectivity index (χ1) is 5.15. The molecule has 1 aromatic rings. The second kappa shape index (κ2) is 3.09. The predicted octanol–water partition coefficient (Wildman–Crippen LogP) is 1.78. The van der Waals surface area contributed by atoms with Gasteiger partial charge in [0.25, 0.3) is 0 Å². The van der Waals surface area contributed by atoms with Crippen molar-refractivity contribution in [3.8, 4) is 0 Å². The molecule has 0 saturated carbocycles. The molecule has 3 N–H and O–H groups in total. The van der Waals surface area contributed by atoms with Gasteiger partial charge in [0, 0.05) is 7.05 Å². The molecule has 0 bridgehead atoms. The van der Waals surface area contributed by atoms with Crippen molar-refractivity contribution >= 4 is 27.4 Å². The Bertz CT molecular complexity index is 273. The number of nitrogens with zero attached hydrogens (tertiary/aromatic N) is 1. The van der Waals surface area contributed by atoms with E-state index in [1.54, 1.807) is 0 Å². The van der Waals surface area contributed by atoms with Crippen LogP contribution in [-0.2, 0) is 0 Å². The van der Waals surface area contributed by atoms with Gasteiger partial charge in [-0.15, -0.1) is 0 Å². The first-order valence-corrected chi connectivity index (χ1v) is 4.05. The van der Waals surface area contributed by atoms with Crippen LogP contribution in [-0.4, -0.2) is 12.0 Å². The van der Waals surface area contributed by atoms with E-state index in [9.17, 15) is 0 Å². The third kappa shape index (κ3) is 1.63. The third-order valence-corrected chi connectivity index (χ3v) is 2.05. The molecule has 0 saturated heterocycles. The van der Waals surface area contributed by atoms with Crippen LogP contribution in [0.4, 0.5) is 11.5 Å². The SMILES string of the molecule is CNc1nc(C)c(N)cc1Br. The average Bonchev–Trinajstić information content (AvgIpc) is 1.97. The number of halogens is 1. The van der Waals surface area contributed by atoms with Gasteiger partial charge in [0.2, 0.25) is 0 Å². The Hall–Kier alpha value is -0.770. The Morgan fingerprint density at radius 3 is 2.82 bits per heavy atom. The van der Waals surface area contributed by atoms with Crippen molar-refractivity contribution in [1.29, 1.82) is 0 Å². The summed E-state index contributed by atoms with van der Waals surface area (Å²) in [6.07, 6.45) is 0. The Balaban J connectivity index is 3.21. The molecule has 0 aliphatic carbocycles. The fourth-order valence-corrected chi connectivity index (χ4v) is 1.30. The normalized spacial score (nSPS) is 9.73. The van der Waals surface area contributed by atoms with Crippen LogP contribution >= 0.6 is 15.9 Å². The molecule has 3 nitrogen and oxygen atoms in total. The number of aryl methyl sites for hydroxylation is 1. The fourth-order valence-electron chi connectivity index (χ4n) is 0.770. The van der Waals surface area contributed by atoms with E-state index >= 15 is 0 Å². The van der Waals surface area contributed by atoms with Crippen molar-refractivity contribution < 1.29 is 0 Å². The molecule has 0 radical (unpaired) electrons. The summed E-state index contributed by atoms with van der Waals surface area (Å²) in [4.78, 5) is 4.21. The maximum absolute atomic E-state index is 5.62. The Kier molecular flexibility index (Phi) is 2.34. The predicted molar refractivity (Wildman–Crippen MR) is 50.6 cm³/mol. The van der Waals surface area contributed by atoms with Crippen LogP contribution in [0, 0.1) is 6.92 Å². The summed E-state index contributed by atoms with van der Waals surface area (Å²) in [5, 5.41) is 2.95. The first-order valence-electron chi connectivity index (χ1n) is 3.25. The summed E-state index contributed by atoms with van der Waals surface area (Å²) >= 11 is 3.34. The highest BCUT2D eigenvalue weighted by molar-refractivity contribution is 9.10.